The molecule has 1 aromatic rings. The first-order valence-corrected chi connectivity index (χ1v) is 7.21. The highest BCUT2D eigenvalue weighted by Crippen LogP contribution is 2.29. The normalized spacial score (nSPS) is 22.9. The zero-order chi connectivity index (χ0) is 14.4. The number of rotatable bonds is 5. The molecule has 0 aliphatic heterocycles. The first-order valence-electron chi connectivity index (χ1n) is 7.21. The van der Waals surface area contributed by atoms with Gasteiger partial charge in [0.05, 0.1) is 18.0 Å². The number of hydrogen-bond donors (Lipinski definition) is 1. The molecule has 1 saturated carbocycles. The van der Waals surface area contributed by atoms with Crippen molar-refractivity contribution in [2.24, 2.45) is 5.92 Å². The Morgan fingerprint density at radius 1 is 1.50 bits per heavy atom. The first kappa shape index (κ1) is 14.6. The summed E-state index contributed by atoms with van der Waals surface area (Å²) in [6.45, 7) is 2.23. The number of aromatic nitrogens is 1. The summed E-state index contributed by atoms with van der Waals surface area (Å²) in [6.07, 6.45) is 10.5. The predicted octanol–water partition coefficient (Wildman–Crippen LogP) is 3.53. The minimum atomic E-state index is -0.972. The molecule has 1 fully saturated rings. The Bertz CT molecular complexity index is 467. The van der Waals surface area contributed by atoms with Crippen LogP contribution in [0.15, 0.2) is 24.4 Å². The minimum Gasteiger partial charge on any atom is -0.489 e. The van der Waals surface area contributed by atoms with Gasteiger partial charge in [-0.05, 0) is 43.4 Å². The Morgan fingerprint density at radius 3 is 3.00 bits per heavy atom. The number of nitrogens with zero attached hydrogens (tertiary/aromatic N) is 1. The highest BCUT2D eigenvalue weighted by molar-refractivity contribution is 5.84. The topological polar surface area (TPSA) is 59.4 Å². The van der Waals surface area contributed by atoms with Gasteiger partial charge < -0.3 is 9.84 Å². The van der Waals surface area contributed by atoms with Gasteiger partial charge in [-0.25, -0.2) is 4.79 Å². The van der Waals surface area contributed by atoms with Gasteiger partial charge in [0.25, 0.3) is 0 Å². The predicted molar refractivity (Wildman–Crippen MR) is 77.6 cm³/mol. The number of carboxylic acids is 1. The highest BCUT2D eigenvalue weighted by atomic mass is 16.5. The van der Waals surface area contributed by atoms with E-state index in [1.54, 1.807) is 12.3 Å². The first-order chi connectivity index (χ1) is 9.67. The third-order valence-corrected chi connectivity index (χ3v) is 3.77. The number of pyridine rings is 1. The van der Waals surface area contributed by atoms with Crippen LogP contribution in [-0.4, -0.2) is 22.2 Å². The van der Waals surface area contributed by atoms with Crippen LogP contribution in [-0.2, 0) is 4.79 Å². The molecule has 0 bridgehead atoms. The van der Waals surface area contributed by atoms with Gasteiger partial charge in [-0.15, -0.1) is 0 Å². The highest BCUT2D eigenvalue weighted by Gasteiger charge is 2.21. The molecule has 0 amide bonds. The van der Waals surface area contributed by atoms with Gasteiger partial charge in [-0.1, -0.05) is 19.8 Å². The fraction of sp³-hybridized carbons (Fsp3) is 0.500. The second kappa shape index (κ2) is 7.08. The molecule has 0 radical (unpaired) electrons. The van der Waals surface area contributed by atoms with E-state index in [1.165, 1.54) is 25.3 Å². The summed E-state index contributed by atoms with van der Waals surface area (Å²) in [7, 11) is 0. The molecule has 2 atom stereocenters. The van der Waals surface area contributed by atoms with E-state index in [9.17, 15) is 4.79 Å². The summed E-state index contributed by atoms with van der Waals surface area (Å²) in [5.41, 5.74) is 0.620. The Hall–Kier alpha value is -1.84. The number of carboxylic acid groups (broad SMARTS) is 1. The lowest BCUT2D eigenvalue weighted by Gasteiger charge is -2.28. The molecule has 1 heterocycles. The molecule has 2 rings (SSSR count). The summed E-state index contributed by atoms with van der Waals surface area (Å²) in [5, 5.41) is 8.55. The lowest BCUT2D eigenvalue weighted by atomic mass is 9.85. The van der Waals surface area contributed by atoms with E-state index in [1.807, 2.05) is 6.07 Å². The van der Waals surface area contributed by atoms with Crippen LogP contribution >= 0.6 is 0 Å². The maximum absolute atomic E-state index is 10.4. The van der Waals surface area contributed by atoms with E-state index in [2.05, 4.69) is 11.9 Å². The minimum absolute atomic E-state index is 0.288. The van der Waals surface area contributed by atoms with Gasteiger partial charge in [0.1, 0.15) is 5.75 Å². The smallest absolute Gasteiger partial charge is 0.328 e. The number of ether oxygens (including phenoxy) is 1. The maximum atomic E-state index is 10.4. The molecule has 1 aromatic heterocycles. The summed E-state index contributed by atoms with van der Waals surface area (Å²) >= 11 is 0. The van der Waals surface area contributed by atoms with Crippen molar-refractivity contribution in [2.45, 2.75) is 45.1 Å². The van der Waals surface area contributed by atoms with Gasteiger partial charge in [-0.2, -0.15) is 0 Å². The third-order valence-electron chi connectivity index (χ3n) is 3.77. The molecule has 0 aromatic carbocycles. The molecule has 0 saturated heterocycles. The van der Waals surface area contributed by atoms with Crippen LogP contribution in [0.2, 0.25) is 0 Å². The monoisotopic (exact) mass is 275 g/mol. The molecule has 0 spiro atoms. The standard InChI is InChI=1S/C16H21NO3/c1-2-12-4-3-5-14(10-12)20-15-8-6-13(17-11-15)7-9-16(18)19/h6-9,11-12,14H,2-5,10H2,1H3,(H,18,19). The quantitative estimate of drug-likeness (QED) is 0.835. The van der Waals surface area contributed by atoms with Gasteiger partial charge >= 0.3 is 5.97 Å². The van der Waals surface area contributed by atoms with E-state index < -0.39 is 5.97 Å². The average Bonchev–Trinajstić information content (AvgIpc) is 2.47. The molecule has 4 nitrogen and oxygen atoms in total. The van der Waals surface area contributed by atoms with Gasteiger partial charge in [0, 0.05) is 6.08 Å². The van der Waals surface area contributed by atoms with Crippen LogP contribution in [0.4, 0.5) is 0 Å². The number of aliphatic carboxylic acids is 1. The van der Waals surface area contributed by atoms with E-state index >= 15 is 0 Å². The second-order valence-electron chi connectivity index (χ2n) is 5.27. The Balaban J connectivity index is 1.91. The van der Waals surface area contributed by atoms with Crippen LogP contribution in [0.25, 0.3) is 6.08 Å². The average molecular weight is 275 g/mol. The lowest BCUT2D eigenvalue weighted by Crippen LogP contribution is -2.25. The molecule has 4 heteroatoms. The van der Waals surface area contributed by atoms with Crippen molar-refractivity contribution in [3.05, 3.63) is 30.1 Å². The lowest BCUT2D eigenvalue weighted by molar-refractivity contribution is -0.131. The van der Waals surface area contributed by atoms with Crippen molar-refractivity contribution < 1.29 is 14.6 Å². The fourth-order valence-corrected chi connectivity index (χ4v) is 2.63. The molecule has 1 aliphatic rings. The van der Waals surface area contributed by atoms with Crippen LogP contribution in [0.3, 0.4) is 0 Å². The molecular formula is C16H21NO3. The Labute approximate surface area is 119 Å². The van der Waals surface area contributed by atoms with E-state index in [0.717, 1.165) is 30.6 Å². The van der Waals surface area contributed by atoms with Crippen molar-refractivity contribution in [1.82, 2.24) is 4.98 Å². The van der Waals surface area contributed by atoms with Crippen LogP contribution in [0, 0.1) is 5.92 Å². The maximum Gasteiger partial charge on any atom is 0.328 e. The summed E-state index contributed by atoms with van der Waals surface area (Å²) in [6, 6.07) is 3.62. The van der Waals surface area contributed by atoms with Gasteiger partial charge in [-0.3, -0.25) is 4.98 Å². The molecule has 108 valence electrons. The SMILES string of the molecule is CCC1CCCC(Oc2ccc(C=CC(=O)O)nc2)C1. The molecule has 1 N–H and O–H groups in total. The van der Waals surface area contributed by atoms with Crippen molar-refractivity contribution in [1.29, 1.82) is 0 Å². The molecular weight excluding hydrogens is 254 g/mol. The third kappa shape index (κ3) is 4.37. The molecule has 1 aliphatic carbocycles. The number of hydrogen-bond acceptors (Lipinski definition) is 3. The summed E-state index contributed by atoms with van der Waals surface area (Å²) in [4.78, 5) is 14.6. The van der Waals surface area contributed by atoms with E-state index in [-0.39, 0.29) is 6.10 Å². The van der Waals surface area contributed by atoms with Crippen molar-refractivity contribution >= 4 is 12.0 Å². The largest absolute Gasteiger partial charge is 0.489 e. The van der Waals surface area contributed by atoms with Crippen molar-refractivity contribution in [3.63, 3.8) is 0 Å². The fourth-order valence-electron chi connectivity index (χ4n) is 2.63. The summed E-state index contributed by atoms with van der Waals surface area (Å²) in [5.74, 6) is 0.568. The zero-order valence-electron chi connectivity index (χ0n) is 11.8. The Kier molecular flexibility index (Phi) is 5.16. The van der Waals surface area contributed by atoms with Gasteiger partial charge in [0.15, 0.2) is 0 Å². The molecule has 20 heavy (non-hydrogen) atoms. The van der Waals surface area contributed by atoms with Crippen LogP contribution in [0.5, 0.6) is 5.75 Å². The summed E-state index contributed by atoms with van der Waals surface area (Å²) < 4.78 is 5.97. The van der Waals surface area contributed by atoms with Gasteiger partial charge in [0.2, 0.25) is 0 Å². The van der Waals surface area contributed by atoms with Crippen LogP contribution in [0.1, 0.15) is 44.7 Å². The second-order valence-corrected chi connectivity index (χ2v) is 5.27. The van der Waals surface area contributed by atoms with Crippen molar-refractivity contribution in [2.75, 3.05) is 0 Å². The number of carbonyl (C=O) groups is 1. The van der Waals surface area contributed by atoms with Crippen LogP contribution < -0.4 is 4.74 Å². The van der Waals surface area contributed by atoms with E-state index in [4.69, 9.17) is 9.84 Å². The Morgan fingerprint density at radius 2 is 2.35 bits per heavy atom. The zero-order valence-corrected chi connectivity index (χ0v) is 11.8. The van der Waals surface area contributed by atoms with Crippen molar-refractivity contribution in [3.8, 4) is 5.75 Å². The van der Waals surface area contributed by atoms with E-state index in [0.29, 0.717) is 5.69 Å². The molecule has 2 unspecified atom stereocenters.